The van der Waals surface area contributed by atoms with Gasteiger partial charge in [-0.2, -0.15) is 0 Å². The molecule has 0 aliphatic rings. The fraction of sp³-hybridized carbons (Fsp3) is 0.526. The Balaban J connectivity index is 2.10. The lowest BCUT2D eigenvalue weighted by Gasteiger charge is -2.03. The number of carbonyl (C=O) groups excluding carboxylic acids is 1. The van der Waals surface area contributed by atoms with Gasteiger partial charge in [0.05, 0.1) is 5.02 Å². The summed E-state index contributed by atoms with van der Waals surface area (Å²) >= 11 is 5.82. The van der Waals surface area contributed by atoms with E-state index < -0.39 is 0 Å². The van der Waals surface area contributed by atoms with Crippen LogP contribution >= 0.6 is 11.6 Å². The summed E-state index contributed by atoms with van der Waals surface area (Å²) in [6.45, 7) is 2.95. The highest BCUT2D eigenvalue weighted by molar-refractivity contribution is 6.32. The SMILES string of the molecule is CCCCCCCCCCNC(=O)/C=C/c1ccc(O)c(Cl)c1. The summed E-state index contributed by atoms with van der Waals surface area (Å²) in [6.07, 6.45) is 13.2. The fourth-order valence-electron chi connectivity index (χ4n) is 2.33. The molecule has 0 unspecified atom stereocenters. The molecule has 0 heterocycles. The van der Waals surface area contributed by atoms with Crippen LogP contribution in [-0.4, -0.2) is 17.6 Å². The van der Waals surface area contributed by atoms with Gasteiger partial charge in [-0.15, -0.1) is 0 Å². The van der Waals surface area contributed by atoms with Gasteiger partial charge in [-0.1, -0.05) is 69.5 Å². The lowest BCUT2D eigenvalue weighted by atomic mass is 10.1. The van der Waals surface area contributed by atoms with E-state index in [0.29, 0.717) is 6.54 Å². The molecule has 0 bridgehead atoms. The maximum Gasteiger partial charge on any atom is 0.243 e. The van der Waals surface area contributed by atoms with Crippen molar-refractivity contribution < 1.29 is 9.90 Å². The van der Waals surface area contributed by atoms with Crippen LogP contribution in [0.5, 0.6) is 5.75 Å². The van der Waals surface area contributed by atoms with Gasteiger partial charge in [0.15, 0.2) is 0 Å². The second kappa shape index (κ2) is 12.0. The third-order valence-corrected chi connectivity index (χ3v) is 4.03. The van der Waals surface area contributed by atoms with Crippen LogP contribution in [-0.2, 0) is 4.79 Å². The topological polar surface area (TPSA) is 49.3 Å². The Bertz CT molecular complexity index is 500. The first kappa shape index (κ1) is 19.6. The van der Waals surface area contributed by atoms with Crippen molar-refractivity contribution in [3.05, 3.63) is 34.9 Å². The van der Waals surface area contributed by atoms with E-state index in [1.807, 2.05) is 0 Å². The molecular formula is C19H28ClNO2. The van der Waals surface area contributed by atoms with Gasteiger partial charge >= 0.3 is 0 Å². The van der Waals surface area contributed by atoms with Crippen molar-refractivity contribution in [1.29, 1.82) is 0 Å². The lowest BCUT2D eigenvalue weighted by molar-refractivity contribution is -0.116. The minimum Gasteiger partial charge on any atom is -0.506 e. The number of nitrogens with one attached hydrogen (secondary N) is 1. The number of halogens is 1. The summed E-state index contributed by atoms with van der Waals surface area (Å²) in [5.74, 6) is -0.0555. The molecule has 1 amide bonds. The Morgan fingerprint density at radius 3 is 2.43 bits per heavy atom. The van der Waals surface area contributed by atoms with Crippen molar-refractivity contribution in [1.82, 2.24) is 5.32 Å². The van der Waals surface area contributed by atoms with Gasteiger partial charge in [0, 0.05) is 12.6 Å². The molecule has 4 heteroatoms. The zero-order valence-electron chi connectivity index (χ0n) is 14.0. The van der Waals surface area contributed by atoms with Gasteiger partial charge in [-0.05, 0) is 30.2 Å². The molecule has 1 rings (SSSR count). The van der Waals surface area contributed by atoms with Crippen molar-refractivity contribution in [2.24, 2.45) is 0 Å². The van der Waals surface area contributed by atoms with Crippen molar-refractivity contribution in [3.63, 3.8) is 0 Å². The van der Waals surface area contributed by atoms with Crippen LogP contribution in [0.4, 0.5) is 0 Å². The standard InChI is InChI=1S/C19H28ClNO2/c1-2-3-4-5-6-7-8-9-14-21-19(23)13-11-16-10-12-18(22)17(20)15-16/h10-13,15,22H,2-9,14H2,1H3,(H,21,23)/b13-11+. The van der Waals surface area contributed by atoms with Gasteiger partial charge in [-0.25, -0.2) is 0 Å². The molecule has 0 saturated carbocycles. The van der Waals surface area contributed by atoms with Gasteiger partial charge in [0.2, 0.25) is 5.91 Å². The number of aromatic hydroxyl groups is 1. The highest BCUT2D eigenvalue weighted by Gasteiger charge is 1.99. The van der Waals surface area contributed by atoms with Gasteiger partial charge in [0.25, 0.3) is 0 Å². The molecule has 1 aromatic rings. The van der Waals surface area contributed by atoms with Crippen molar-refractivity contribution in [2.75, 3.05) is 6.54 Å². The molecule has 0 fully saturated rings. The zero-order chi connectivity index (χ0) is 16.9. The number of benzene rings is 1. The number of hydrogen-bond acceptors (Lipinski definition) is 2. The summed E-state index contributed by atoms with van der Waals surface area (Å²) < 4.78 is 0. The van der Waals surface area contributed by atoms with E-state index in [9.17, 15) is 9.90 Å². The average Bonchev–Trinajstić information content (AvgIpc) is 2.54. The molecule has 0 saturated heterocycles. The monoisotopic (exact) mass is 337 g/mol. The minimum absolute atomic E-state index is 0.0444. The minimum atomic E-state index is -0.0999. The highest BCUT2D eigenvalue weighted by Crippen LogP contribution is 2.24. The summed E-state index contributed by atoms with van der Waals surface area (Å²) in [6, 6.07) is 4.85. The first-order valence-electron chi connectivity index (χ1n) is 8.58. The number of phenols is 1. The van der Waals surface area contributed by atoms with E-state index in [4.69, 9.17) is 11.6 Å². The molecule has 1 aromatic carbocycles. The lowest BCUT2D eigenvalue weighted by Crippen LogP contribution is -2.21. The first-order chi connectivity index (χ1) is 11.1. The molecular weight excluding hydrogens is 310 g/mol. The predicted octanol–water partition coefficient (Wildman–Crippen LogP) is 5.32. The molecule has 0 spiro atoms. The van der Waals surface area contributed by atoms with Gasteiger partial charge < -0.3 is 10.4 Å². The average molecular weight is 338 g/mol. The van der Waals surface area contributed by atoms with E-state index in [1.165, 1.54) is 57.1 Å². The predicted molar refractivity (Wildman–Crippen MR) is 97.8 cm³/mol. The normalized spacial score (nSPS) is 11.0. The van der Waals surface area contributed by atoms with Crippen molar-refractivity contribution in [3.8, 4) is 5.75 Å². The van der Waals surface area contributed by atoms with Crippen LogP contribution < -0.4 is 5.32 Å². The molecule has 0 aliphatic carbocycles. The summed E-state index contributed by atoms with van der Waals surface area (Å²) in [4.78, 5) is 11.7. The second-order valence-corrected chi connectivity index (χ2v) is 6.22. The smallest absolute Gasteiger partial charge is 0.243 e. The maximum atomic E-state index is 11.7. The van der Waals surface area contributed by atoms with Crippen LogP contribution in [0.3, 0.4) is 0 Å². The number of phenolic OH excluding ortho intramolecular Hbond substituents is 1. The molecule has 0 atom stereocenters. The van der Waals surface area contributed by atoms with Crippen molar-refractivity contribution in [2.45, 2.75) is 58.3 Å². The number of carbonyl (C=O) groups is 1. The van der Waals surface area contributed by atoms with Crippen LogP contribution in [0, 0.1) is 0 Å². The molecule has 0 aromatic heterocycles. The summed E-state index contributed by atoms with van der Waals surface area (Å²) in [5, 5.41) is 12.5. The Morgan fingerprint density at radius 2 is 1.78 bits per heavy atom. The van der Waals surface area contributed by atoms with Crippen LogP contribution in [0.15, 0.2) is 24.3 Å². The Kier molecular flexibility index (Phi) is 10.2. The number of hydrogen-bond donors (Lipinski definition) is 2. The van der Waals surface area contributed by atoms with Crippen LogP contribution in [0.1, 0.15) is 63.9 Å². The maximum absolute atomic E-state index is 11.7. The van der Waals surface area contributed by atoms with Crippen LogP contribution in [0.25, 0.3) is 6.08 Å². The van der Waals surface area contributed by atoms with E-state index in [2.05, 4.69) is 12.2 Å². The quantitative estimate of drug-likeness (QED) is 0.424. The third-order valence-electron chi connectivity index (χ3n) is 3.73. The number of rotatable bonds is 11. The fourth-order valence-corrected chi connectivity index (χ4v) is 2.52. The molecule has 3 nitrogen and oxygen atoms in total. The van der Waals surface area contributed by atoms with E-state index in [1.54, 1.807) is 18.2 Å². The molecule has 23 heavy (non-hydrogen) atoms. The molecule has 0 radical (unpaired) electrons. The first-order valence-corrected chi connectivity index (χ1v) is 8.95. The third kappa shape index (κ3) is 9.29. The van der Waals surface area contributed by atoms with E-state index >= 15 is 0 Å². The number of unbranched alkanes of at least 4 members (excludes halogenated alkanes) is 7. The Labute approximate surface area is 144 Å². The van der Waals surface area contributed by atoms with E-state index in [0.717, 1.165) is 12.0 Å². The summed E-state index contributed by atoms with van der Waals surface area (Å²) in [5.41, 5.74) is 0.787. The Morgan fingerprint density at radius 1 is 1.13 bits per heavy atom. The molecule has 0 aliphatic heterocycles. The summed E-state index contributed by atoms with van der Waals surface area (Å²) in [7, 11) is 0. The number of amides is 1. The van der Waals surface area contributed by atoms with Crippen molar-refractivity contribution >= 4 is 23.6 Å². The van der Waals surface area contributed by atoms with Gasteiger partial charge in [0.1, 0.15) is 5.75 Å². The molecule has 2 N–H and O–H groups in total. The van der Waals surface area contributed by atoms with E-state index in [-0.39, 0.29) is 16.7 Å². The van der Waals surface area contributed by atoms with Crippen LogP contribution in [0.2, 0.25) is 5.02 Å². The molecule has 128 valence electrons. The van der Waals surface area contributed by atoms with Gasteiger partial charge in [-0.3, -0.25) is 4.79 Å². The zero-order valence-corrected chi connectivity index (χ0v) is 14.7. The Hall–Kier alpha value is -1.48. The largest absolute Gasteiger partial charge is 0.506 e. The highest BCUT2D eigenvalue weighted by atomic mass is 35.5. The second-order valence-electron chi connectivity index (χ2n) is 5.81.